The molecule has 0 radical (unpaired) electrons. The lowest BCUT2D eigenvalue weighted by Gasteiger charge is -2.15. The maximum atomic E-state index is 11.9. The van der Waals surface area contributed by atoms with Crippen LogP contribution in [0.25, 0.3) is 0 Å². The summed E-state index contributed by atoms with van der Waals surface area (Å²) in [5.41, 5.74) is 3.92. The number of nitrogens with zero attached hydrogens (tertiary/aromatic N) is 1. The molecule has 0 aliphatic heterocycles. The molecule has 2 aromatic carbocycles. The number of carbonyl (C=O) groups is 1. The van der Waals surface area contributed by atoms with Gasteiger partial charge in [-0.1, -0.05) is 24.3 Å². The predicted molar refractivity (Wildman–Crippen MR) is 145 cm³/mol. The number of nitrogens with one attached hydrogen (secondary N) is 3. The summed E-state index contributed by atoms with van der Waals surface area (Å²) in [5.74, 6) is 1.55. The molecule has 0 spiro atoms. The molecule has 0 aliphatic carbocycles. The normalized spacial score (nSPS) is 10.8. The van der Waals surface area contributed by atoms with Gasteiger partial charge in [-0.25, -0.2) is 4.99 Å². The summed E-state index contributed by atoms with van der Waals surface area (Å²) in [6.45, 7) is 9.78. The van der Waals surface area contributed by atoms with Gasteiger partial charge in [0.1, 0.15) is 5.75 Å². The average molecular weight is 569 g/mol. The lowest BCUT2D eigenvalue weighted by Crippen LogP contribution is -2.36. The molecule has 0 heterocycles. The molecule has 0 saturated heterocycles. The van der Waals surface area contributed by atoms with Crippen LogP contribution in [0.1, 0.15) is 47.3 Å². The van der Waals surface area contributed by atoms with Crippen molar-refractivity contribution in [3.8, 4) is 5.75 Å². The van der Waals surface area contributed by atoms with Crippen molar-refractivity contribution in [2.45, 2.75) is 40.3 Å². The van der Waals surface area contributed by atoms with E-state index in [1.807, 2.05) is 38.1 Å². The predicted octanol–water partition coefficient (Wildman–Crippen LogP) is 4.03. The van der Waals surface area contributed by atoms with Crippen molar-refractivity contribution < 1.29 is 14.3 Å². The monoisotopic (exact) mass is 568 g/mol. The Morgan fingerprint density at radius 3 is 2.36 bits per heavy atom. The minimum Gasteiger partial charge on any atom is -0.493 e. The SMILES string of the molecule is CCNC(=O)c1ccc(CN=C(NCC)NCc2ccc(C)cc2OCCCOC)cc1.I. The van der Waals surface area contributed by atoms with Crippen molar-refractivity contribution in [1.82, 2.24) is 16.0 Å². The fourth-order valence-electron chi connectivity index (χ4n) is 3.04. The number of benzene rings is 2. The Hall–Kier alpha value is -2.33. The first-order chi connectivity index (χ1) is 15.6. The zero-order valence-corrected chi connectivity index (χ0v) is 22.4. The second-order valence-corrected chi connectivity index (χ2v) is 7.41. The molecule has 0 atom stereocenters. The summed E-state index contributed by atoms with van der Waals surface area (Å²) < 4.78 is 11.1. The molecule has 0 unspecified atom stereocenters. The van der Waals surface area contributed by atoms with E-state index in [2.05, 4.69) is 46.1 Å². The van der Waals surface area contributed by atoms with E-state index in [1.165, 1.54) is 0 Å². The van der Waals surface area contributed by atoms with Crippen molar-refractivity contribution in [1.29, 1.82) is 0 Å². The first-order valence-corrected chi connectivity index (χ1v) is 11.2. The number of hydrogen-bond acceptors (Lipinski definition) is 4. The third-order valence-corrected chi connectivity index (χ3v) is 4.74. The Morgan fingerprint density at radius 2 is 1.70 bits per heavy atom. The van der Waals surface area contributed by atoms with Crippen LogP contribution in [0.15, 0.2) is 47.5 Å². The molecule has 3 N–H and O–H groups in total. The van der Waals surface area contributed by atoms with E-state index in [0.29, 0.717) is 38.4 Å². The van der Waals surface area contributed by atoms with Gasteiger partial charge in [-0.2, -0.15) is 0 Å². The summed E-state index contributed by atoms with van der Waals surface area (Å²) in [6, 6.07) is 13.7. The van der Waals surface area contributed by atoms with E-state index >= 15 is 0 Å². The minimum atomic E-state index is -0.0594. The number of ether oxygens (including phenoxy) is 2. The first-order valence-electron chi connectivity index (χ1n) is 11.2. The third-order valence-electron chi connectivity index (χ3n) is 4.74. The van der Waals surface area contributed by atoms with Crippen LogP contribution in [0.3, 0.4) is 0 Å². The number of methoxy groups -OCH3 is 1. The van der Waals surface area contributed by atoms with Gasteiger partial charge in [0.25, 0.3) is 5.91 Å². The summed E-state index contributed by atoms with van der Waals surface area (Å²) in [5, 5.41) is 9.47. The number of hydrogen-bond donors (Lipinski definition) is 3. The van der Waals surface area contributed by atoms with Crippen molar-refractivity contribution in [2.24, 2.45) is 4.99 Å². The fourth-order valence-corrected chi connectivity index (χ4v) is 3.04. The van der Waals surface area contributed by atoms with Crippen LogP contribution in [-0.2, 0) is 17.8 Å². The Labute approximate surface area is 214 Å². The zero-order chi connectivity index (χ0) is 23.2. The largest absolute Gasteiger partial charge is 0.493 e. The van der Waals surface area contributed by atoms with E-state index in [4.69, 9.17) is 9.47 Å². The molecular weight excluding hydrogens is 531 g/mol. The van der Waals surface area contributed by atoms with Gasteiger partial charge in [0.15, 0.2) is 5.96 Å². The van der Waals surface area contributed by atoms with Gasteiger partial charge in [-0.15, -0.1) is 24.0 Å². The van der Waals surface area contributed by atoms with Gasteiger partial charge in [-0.3, -0.25) is 4.79 Å². The van der Waals surface area contributed by atoms with Crippen molar-refractivity contribution >= 4 is 35.8 Å². The number of aryl methyl sites for hydroxylation is 1. The number of rotatable bonds is 12. The van der Waals surface area contributed by atoms with Crippen molar-refractivity contribution in [2.75, 3.05) is 33.4 Å². The summed E-state index contributed by atoms with van der Waals surface area (Å²) in [7, 11) is 1.70. The quantitative estimate of drug-likeness (QED) is 0.156. The van der Waals surface area contributed by atoms with Gasteiger partial charge < -0.3 is 25.4 Å². The molecule has 33 heavy (non-hydrogen) atoms. The fraction of sp³-hybridized carbons (Fsp3) is 0.440. The number of guanidine groups is 1. The molecule has 0 aromatic heterocycles. The number of carbonyl (C=O) groups excluding carboxylic acids is 1. The maximum absolute atomic E-state index is 11.9. The number of halogens is 1. The highest BCUT2D eigenvalue weighted by atomic mass is 127. The van der Waals surface area contributed by atoms with Gasteiger partial charge in [0.2, 0.25) is 0 Å². The van der Waals surface area contributed by atoms with Crippen LogP contribution in [-0.4, -0.2) is 45.3 Å². The van der Waals surface area contributed by atoms with Crippen LogP contribution < -0.4 is 20.7 Å². The topological polar surface area (TPSA) is 84.0 Å². The Morgan fingerprint density at radius 1 is 0.970 bits per heavy atom. The van der Waals surface area contributed by atoms with Gasteiger partial charge >= 0.3 is 0 Å². The maximum Gasteiger partial charge on any atom is 0.251 e. The zero-order valence-electron chi connectivity index (χ0n) is 20.1. The first kappa shape index (κ1) is 28.7. The average Bonchev–Trinajstić information content (AvgIpc) is 2.80. The summed E-state index contributed by atoms with van der Waals surface area (Å²) >= 11 is 0. The van der Waals surface area contributed by atoms with E-state index in [9.17, 15) is 4.79 Å². The molecule has 8 heteroatoms. The molecule has 2 aromatic rings. The summed E-state index contributed by atoms with van der Waals surface area (Å²) in [4.78, 5) is 16.6. The van der Waals surface area contributed by atoms with Gasteiger partial charge in [0.05, 0.1) is 13.2 Å². The molecular formula is C25H37IN4O3. The molecule has 2 rings (SSSR count). The third kappa shape index (κ3) is 10.4. The second kappa shape index (κ2) is 16.3. The molecule has 0 fully saturated rings. The standard InChI is InChI=1S/C25H36N4O3.HI/c1-5-26-24(30)21-12-9-20(10-13-21)17-28-25(27-6-2)29-18-22-11-8-19(3)16-23(22)32-15-7-14-31-4;/h8-13,16H,5-7,14-15,17-18H2,1-4H3,(H,26,30)(H2,27,28,29);1H. The van der Waals surface area contributed by atoms with Crippen LogP contribution in [0, 0.1) is 6.92 Å². The smallest absolute Gasteiger partial charge is 0.251 e. The van der Waals surface area contributed by atoms with Crippen molar-refractivity contribution in [3.63, 3.8) is 0 Å². The van der Waals surface area contributed by atoms with Gasteiger partial charge in [0, 0.05) is 50.9 Å². The Balaban J connectivity index is 0.00000544. The molecule has 7 nitrogen and oxygen atoms in total. The van der Waals surface area contributed by atoms with Crippen molar-refractivity contribution in [3.05, 3.63) is 64.7 Å². The van der Waals surface area contributed by atoms with E-state index in [-0.39, 0.29) is 29.9 Å². The Kier molecular flexibility index (Phi) is 14.2. The van der Waals surface area contributed by atoms with Crippen LogP contribution in [0.4, 0.5) is 0 Å². The van der Waals surface area contributed by atoms with Crippen LogP contribution >= 0.6 is 24.0 Å². The number of aliphatic imine (C=N–C) groups is 1. The van der Waals surface area contributed by atoms with E-state index in [0.717, 1.165) is 41.4 Å². The van der Waals surface area contributed by atoms with Crippen LogP contribution in [0.2, 0.25) is 0 Å². The highest BCUT2D eigenvalue weighted by molar-refractivity contribution is 14.0. The second-order valence-electron chi connectivity index (χ2n) is 7.41. The number of amides is 1. The minimum absolute atomic E-state index is 0. The lowest BCUT2D eigenvalue weighted by atomic mass is 10.1. The summed E-state index contributed by atoms with van der Waals surface area (Å²) in [6.07, 6.45) is 0.848. The molecule has 0 saturated carbocycles. The lowest BCUT2D eigenvalue weighted by molar-refractivity contribution is 0.0956. The molecule has 0 bridgehead atoms. The molecule has 1 amide bonds. The van der Waals surface area contributed by atoms with E-state index in [1.54, 1.807) is 7.11 Å². The van der Waals surface area contributed by atoms with E-state index < -0.39 is 0 Å². The van der Waals surface area contributed by atoms with Crippen LogP contribution in [0.5, 0.6) is 5.75 Å². The highest BCUT2D eigenvalue weighted by Gasteiger charge is 2.07. The molecule has 0 aliphatic rings. The van der Waals surface area contributed by atoms with Gasteiger partial charge in [-0.05, 0) is 50.1 Å². The highest BCUT2D eigenvalue weighted by Crippen LogP contribution is 2.20. The Bertz CT molecular complexity index is 872. The molecule has 182 valence electrons.